The molecule has 0 fully saturated rings. The van der Waals surface area contributed by atoms with Crippen molar-refractivity contribution in [2.75, 3.05) is 0 Å². The van der Waals surface area contributed by atoms with Crippen LogP contribution < -0.4 is 0 Å². The van der Waals surface area contributed by atoms with Gasteiger partial charge in [0.05, 0.1) is 5.71 Å². The number of carboxylic acids is 1. The van der Waals surface area contributed by atoms with Gasteiger partial charge in [0.1, 0.15) is 6.10 Å². The maximum atomic E-state index is 10.1. The van der Waals surface area contributed by atoms with E-state index in [9.17, 15) is 4.79 Å². The molecule has 0 aliphatic carbocycles. The Morgan fingerprint density at radius 1 is 1.91 bits per heavy atom. The molecule has 0 saturated heterocycles. The summed E-state index contributed by atoms with van der Waals surface area (Å²) in [4.78, 5) is 15.1. The highest BCUT2D eigenvalue weighted by Crippen LogP contribution is 2.14. The zero-order valence-electron chi connectivity index (χ0n) is 6.41. The summed E-state index contributed by atoms with van der Waals surface area (Å²) in [5, 5.41) is 12.1. The van der Waals surface area contributed by atoms with Crippen LogP contribution in [-0.2, 0) is 9.63 Å². The third-order valence-corrected chi connectivity index (χ3v) is 1.56. The van der Waals surface area contributed by atoms with E-state index < -0.39 is 5.97 Å². The minimum absolute atomic E-state index is 0.00824. The Labute approximate surface area is 64.8 Å². The molecule has 11 heavy (non-hydrogen) atoms. The highest BCUT2D eigenvalue weighted by Gasteiger charge is 2.18. The van der Waals surface area contributed by atoms with Crippen molar-refractivity contribution >= 4 is 11.7 Å². The molecule has 4 heteroatoms. The lowest BCUT2D eigenvalue weighted by molar-refractivity contribution is -0.137. The number of aliphatic carboxylic acids is 1. The van der Waals surface area contributed by atoms with Gasteiger partial charge in [-0.15, -0.1) is 0 Å². The third kappa shape index (κ3) is 2.57. The van der Waals surface area contributed by atoms with Crippen LogP contribution in [0.25, 0.3) is 0 Å². The van der Waals surface area contributed by atoms with Gasteiger partial charge in [-0.05, 0) is 13.3 Å². The Balaban J connectivity index is 2.16. The lowest BCUT2D eigenvalue weighted by Crippen LogP contribution is -2.09. The Bertz CT molecular complexity index is 188. The van der Waals surface area contributed by atoms with Crippen molar-refractivity contribution < 1.29 is 14.7 Å². The minimum atomic E-state index is -0.779. The van der Waals surface area contributed by atoms with Gasteiger partial charge in [0.25, 0.3) is 0 Å². The van der Waals surface area contributed by atoms with E-state index in [4.69, 9.17) is 9.94 Å². The van der Waals surface area contributed by atoms with Crippen molar-refractivity contribution in [3.63, 3.8) is 0 Å². The van der Waals surface area contributed by atoms with Gasteiger partial charge in [0, 0.05) is 12.8 Å². The topological polar surface area (TPSA) is 58.9 Å². The molecule has 62 valence electrons. The van der Waals surface area contributed by atoms with E-state index >= 15 is 0 Å². The molecule has 1 N–H and O–H groups in total. The summed E-state index contributed by atoms with van der Waals surface area (Å²) in [6, 6.07) is 0. The molecule has 0 aromatic rings. The zero-order chi connectivity index (χ0) is 8.27. The SMILES string of the molecule is CC1=NOC(CCC(=O)O)C1. The molecule has 1 aliphatic rings. The third-order valence-electron chi connectivity index (χ3n) is 1.56. The number of carboxylic acid groups (broad SMARTS) is 1. The molecule has 0 aromatic heterocycles. The van der Waals surface area contributed by atoms with Gasteiger partial charge in [-0.25, -0.2) is 0 Å². The molecule has 0 spiro atoms. The average Bonchev–Trinajstić information content (AvgIpc) is 2.31. The average molecular weight is 157 g/mol. The first-order valence-electron chi connectivity index (χ1n) is 3.59. The molecule has 1 atom stereocenters. The van der Waals surface area contributed by atoms with Crippen LogP contribution in [0.2, 0.25) is 0 Å². The van der Waals surface area contributed by atoms with Gasteiger partial charge >= 0.3 is 5.97 Å². The standard InChI is InChI=1S/C7H11NO3/c1-5-4-6(11-8-5)2-3-7(9)10/h6H,2-4H2,1H3,(H,9,10). The molecule has 1 unspecified atom stereocenters. The van der Waals surface area contributed by atoms with Crippen LogP contribution >= 0.6 is 0 Å². The molecule has 4 nitrogen and oxygen atoms in total. The minimum Gasteiger partial charge on any atom is -0.481 e. The number of rotatable bonds is 3. The first-order valence-corrected chi connectivity index (χ1v) is 3.59. The maximum absolute atomic E-state index is 10.1. The molecule has 0 amide bonds. The van der Waals surface area contributed by atoms with E-state index in [0.717, 1.165) is 12.1 Å². The summed E-state index contributed by atoms with van der Waals surface area (Å²) >= 11 is 0. The maximum Gasteiger partial charge on any atom is 0.303 e. The summed E-state index contributed by atoms with van der Waals surface area (Å²) in [5.41, 5.74) is 0.945. The number of carbonyl (C=O) groups is 1. The largest absolute Gasteiger partial charge is 0.481 e. The van der Waals surface area contributed by atoms with Crippen LogP contribution in [0.5, 0.6) is 0 Å². The van der Waals surface area contributed by atoms with E-state index in [2.05, 4.69) is 5.16 Å². The highest BCUT2D eigenvalue weighted by atomic mass is 16.6. The molecule has 0 radical (unpaired) electrons. The quantitative estimate of drug-likeness (QED) is 0.665. The van der Waals surface area contributed by atoms with Gasteiger partial charge in [-0.3, -0.25) is 4.79 Å². The van der Waals surface area contributed by atoms with E-state index in [0.29, 0.717) is 6.42 Å². The predicted octanol–water partition coefficient (Wildman–Crippen LogP) is 1.02. The van der Waals surface area contributed by atoms with Crippen LogP contribution in [0.3, 0.4) is 0 Å². The van der Waals surface area contributed by atoms with Crippen molar-refractivity contribution in [1.29, 1.82) is 0 Å². The van der Waals surface area contributed by atoms with Crippen molar-refractivity contribution in [2.45, 2.75) is 32.3 Å². The van der Waals surface area contributed by atoms with E-state index in [1.165, 1.54) is 0 Å². The van der Waals surface area contributed by atoms with Crippen LogP contribution in [0.1, 0.15) is 26.2 Å². The van der Waals surface area contributed by atoms with Gasteiger partial charge in [0.2, 0.25) is 0 Å². The molecular weight excluding hydrogens is 146 g/mol. The fourth-order valence-electron chi connectivity index (χ4n) is 1.01. The monoisotopic (exact) mass is 157 g/mol. The van der Waals surface area contributed by atoms with Gasteiger partial charge in [-0.2, -0.15) is 0 Å². The number of nitrogens with zero attached hydrogens (tertiary/aromatic N) is 1. The fourth-order valence-corrected chi connectivity index (χ4v) is 1.01. The van der Waals surface area contributed by atoms with Gasteiger partial charge < -0.3 is 9.94 Å². The molecule has 1 aliphatic heterocycles. The predicted molar refractivity (Wildman–Crippen MR) is 39.5 cm³/mol. The van der Waals surface area contributed by atoms with Crippen LogP contribution in [-0.4, -0.2) is 22.9 Å². The van der Waals surface area contributed by atoms with Crippen molar-refractivity contribution in [1.82, 2.24) is 0 Å². The lowest BCUT2D eigenvalue weighted by Gasteiger charge is -2.04. The normalized spacial score (nSPS) is 22.6. The Morgan fingerprint density at radius 2 is 2.64 bits per heavy atom. The molecule has 0 aromatic carbocycles. The molecular formula is C7H11NO3. The van der Waals surface area contributed by atoms with E-state index in [1.54, 1.807) is 0 Å². The summed E-state index contributed by atoms with van der Waals surface area (Å²) < 4.78 is 0. The van der Waals surface area contributed by atoms with Crippen LogP contribution in [0.15, 0.2) is 5.16 Å². The van der Waals surface area contributed by atoms with Gasteiger partial charge in [-0.1, -0.05) is 5.16 Å². The van der Waals surface area contributed by atoms with E-state index in [-0.39, 0.29) is 12.5 Å². The first-order chi connectivity index (χ1) is 5.18. The number of hydrogen-bond acceptors (Lipinski definition) is 3. The molecule has 0 saturated carbocycles. The Kier molecular flexibility index (Phi) is 2.46. The Morgan fingerprint density at radius 3 is 3.09 bits per heavy atom. The molecule has 0 bridgehead atoms. The second-order valence-corrected chi connectivity index (χ2v) is 2.69. The van der Waals surface area contributed by atoms with Crippen LogP contribution in [0, 0.1) is 0 Å². The lowest BCUT2D eigenvalue weighted by atomic mass is 10.1. The summed E-state index contributed by atoms with van der Waals surface area (Å²) in [6.45, 7) is 1.88. The van der Waals surface area contributed by atoms with Crippen molar-refractivity contribution in [3.8, 4) is 0 Å². The number of hydrogen-bond donors (Lipinski definition) is 1. The van der Waals surface area contributed by atoms with Crippen LogP contribution in [0.4, 0.5) is 0 Å². The fraction of sp³-hybridized carbons (Fsp3) is 0.714. The second kappa shape index (κ2) is 3.37. The molecule has 1 heterocycles. The number of oxime groups is 1. The second-order valence-electron chi connectivity index (χ2n) is 2.69. The van der Waals surface area contributed by atoms with Gasteiger partial charge in [0.15, 0.2) is 0 Å². The van der Waals surface area contributed by atoms with E-state index in [1.807, 2.05) is 6.92 Å². The summed E-state index contributed by atoms with van der Waals surface area (Å²) in [6.07, 6.45) is 1.47. The highest BCUT2D eigenvalue weighted by molar-refractivity contribution is 5.82. The molecule has 1 rings (SSSR count). The first kappa shape index (κ1) is 8.04. The van der Waals surface area contributed by atoms with Crippen molar-refractivity contribution in [2.24, 2.45) is 5.16 Å². The smallest absolute Gasteiger partial charge is 0.303 e. The Hall–Kier alpha value is -1.06. The summed E-state index contributed by atoms with van der Waals surface area (Å²) in [5.74, 6) is -0.779. The summed E-state index contributed by atoms with van der Waals surface area (Å²) in [7, 11) is 0. The van der Waals surface area contributed by atoms with Crippen molar-refractivity contribution in [3.05, 3.63) is 0 Å². The zero-order valence-corrected chi connectivity index (χ0v) is 6.41.